The van der Waals surface area contributed by atoms with E-state index in [1.165, 1.54) is 6.92 Å². The van der Waals surface area contributed by atoms with Crippen LogP contribution in [-0.4, -0.2) is 145 Å². The van der Waals surface area contributed by atoms with E-state index in [2.05, 4.69) is 20.9 Å². The van der Waals surface area contributed by atoms with Crippen LogP contribution in [-0.2, 0) is 60.6 Å². The normalized spacial score (nSPS) is 12.1. The Kier molecular flexibility index (Phi) is 22.7. The molecule has 0 unspecified atom stereocenters. The summed E-state index contributed by atoms with van der Waals surface area (Å²) in [5, 5.41) is 15.1. The lowest BCUT2D eigenvalue weighted by atomic mass is 9.95. The number of benzene rings is 2. The molecule has 1 aliphatic heterocycles. The highest BCUT2D eigenvalue weighted by molar-refractivity contribution is 6.00. The number of hydrogen-bond donors (Lipinski definition) is 2. The van der Waals surface area contributed by atoms with E-state index in [-0.39, 0.29) is 17.6 Å². The van der Waals surface area contributed by atoms with Gasteiger partial charge in [0.15, 0.2) is 0 Å². The third-order valence-electron chi connectivity index (χ3n) is 9.10. The molecule has 0 fully saturated rings. The molecule has 2 aromatic carbocycles. The van der Waals surface area contributed by atoms with E-state index in [4.69, 9.17) is 33.2 Å². The predicted octanol–water partition coefficient (Wildman–Crippen LogP) is 3.45. The first-order chi connectivity index (χ1) is 28.5. The molecule has 4 rings (SSSR count). The summed E-state index contributed by atoms with van der Waals surface area (Å²) in [6, 6.07) is 15.9. The van der Waals surface area contributed by atoms with Gasteiger partial charge in [0.2, 0.25) is 11.8 Å². The van der Waals surface area contributed by atoms with Crippen LogP contribution in [0, 0.1) is 0 Å². The van der Waals surface area contributed by atoms with Gasteiger partial charge in [-0.3, -0.25) is 14.4 Å². The Morgan fingerprint density at radius 3 is 1.84 bits per heavy atom. The van der Waals surface area contributed by atoms with E-state index in [0.29, 0.717) is 150 Å². The number of ketones is 1. The molecule has 2 N–H and O–H groups in total. The van der Waals surface area contributed by atoms with Crippen molar-refractivity contribution in [1.29, 1.82) is 0 Å². The van der Waals surface area contributed by atoms with Gasteiger partial charge in [-0.1, -0.05) is 47.7 Å². The van der Waals surface area contributed by atoms with Crippen molar-refractivity contribution < 1.29 is 47.5 Å². The zero-order chi connectivity index (χ0) is 41.0. The molecule has 3 aromatic rings. The largest absolute Gasteiger partial charge is 0.379 e. The summed E-state index contributed by atoms with van der Waals surface area (Å²) >= 11 is 0. The van der Waals surface area contributed by atoms with Crippen molar-refractivity contribution in [2.45, 2.75) is 52.1 Å². The zero-order valence-electron chi connectivity index (χ0n) is 34.3. The number of anilines is 1. The number of rotatable bonds is 32. The average molecular weight is 811 g/mol. The average Bonchev–Trinajstić information content (AvgIpc) is 3.64. The lowest BCUT2D eigenvalue weighted by molar-refractivity contribution is -0.122. The SMILES string of the molecule is CNCCOCCOCCOCCn1nnc2c1-c1ccccc1CN(C(=O)CCCCC(=O)NCCOCCOCCOCCOCCC(C)=O)c1ccccc1-2. The topological polar surface area (TPSA) is 174 Å². The third-order valence-corrected chi connectivity index (χ3v) is 9.10. The molecule has 0 atom stereocenters. The molecule has 58 heavy (non-hydrogen) atoms. The highest BCUT2D eigenvalue weighted by atomic mass is 16.6. The molecule has 16 nitrogen and oxygen atoms in total. The fourth-order valence-electron chi connectivity index (χ4n) is 6.09. The van der Waals surface area contributed by atoms with Gasteiger partial charge in [-0.05, 0) is 38.4 Å². The summed E-state index contributed by atoms with van der Waals surface area (Å²) in [6.45, 7) is 10.2. The van der Waals surface area contributed by atoms with Gasteiger partial charge in [-0.25, -0.2) is 4.68 Å². The van der Waals surface area contributed by atoms with E-state index < -0.39 is 0 Å². The third kappa shape index (κ3) is 17.0. The molecule has 0 aliphatic carbocycles. The Bertz CT molecular complexity index is 1640. The molecule has 1 aliphatic rings. The molecule has 0 bridgehead atoms. The molecule has 0 spiro atoms. The Morgan fingerprint density at radius 2 is 1.19 bits per heavy atom. The fourth-order valence-corrected chi connectivity index (χ4v) is 6.09. The number of nitrogens with zero attached hydrogens (tertiary/aromatic N) is 4. The van der Waals surface area contributed by atoms with Gasteiger partial charge in [0.25, 0.3) is 0 Å². The fraction of sp³-hybridized carbons (Fsp3) is 0.595. The van der Waals surface area contributed by atoms with Crippen LogP contribution in [0.15, 0.2) is 48.5 Å². The second-order valence-corrected chi connectivity index (χ2v) is 13.6. The van der Waals surface area contributed by atoms with Crippen LogP contribution in [0.25, 0.3) is 22.5 Å². The van der Waals surface area contributed by atoms with Crippen molar-refractivity contribution in [3.05, 3.63) is 54.1 Å². The summed E-state index contributed by atoms with van der Waals surface area (Å²) in [5.74, 6) is 0.0178. The number of Topliss-reactive ketones (excluding diaryl/α,β-unsaturated/α-hetero) is 1. The predicted molar refractivity (Wildman–Crippen MR) is 219 cm³/mol. The lowest BCUT2D eigenvalue weighted by Gasteiger charge is -2.28. The molecule has 320 valence electrons. The van der Waals surface area contributed by atoms with Gasteiger partial charge in [0.1, 0.15) is 11.5 Å². The van der Waals surface area contributed by atoms with E-state index in [1.54, 1.807) is 0 Å². The van der Waals surface area contributed by atoms with Gasteiger partial charge >= 0.3 is 0 Å². The summed E-state index contributed by atoms with van der Waals surface area (Å²) in [6.07, 6.45) is 2.21. The maximum atomic E-state index is 13.9. The van der Waals surface area contributed by atoms with Crippen LogP contribution >= 0.6 is 0 Å². The number of fused-ring (bicyclic) bond motifs is 5. The Hall–Kier alpha value is -4.13. The summed E-state index contributed by atoms with van der Waals surface area (Å²) in [5.41, 5.74) is 5.17. The number of carbonyl (C=O) groups excluding carboxylic acids is 3. The summed E-state index contributed by atoms with van der Waals surface area (Å²) in [7, 11) is 1.89. The lowest BCUT2D eigenvalue weighted by Crippen LogP contribution is -2.32. The second kappa shape index (κ2) is 28.3. The monoisotopic (exact) mass is 810 g/mol. The zero-order valence-corrected chi connectivity index (χ0v) is 34.3. The first kappa shape index (κ1) is 46.6. The van der Waals surface area contributed by atoms with Crippen LogP contribution in [0.4, 0.5) is 5.69 Å². The van der Waals surface area contributed by atoms with Gasteiger partial charge in [0, 0.05) is 43.5 Å². The Balaban J connectivity index is 1.15. The maximum Gasteiger partial charge on any atom is 0.227 e. The number of amides is 2. The number of nitrogens with one attached hydrogen (secondary N) is 2. The first-order valence-electron chi connectivity index (χ1n) is 20.4. The van der Waals surface area contributed by atoms with Crippen molar-refractivity contribution in [3.63, 3.8) is 0 Å². The highest BCUT2D eigenvalue weighted by Gasteiger charge is 2.28. The molecule has 2 heterocycles. The van der Waals surface area contributed by atoms with Crippen LogP contribution < -0.4 is 15.5 Å². The smallest absolute Gasteiger partial charge is 0.227 e. The maximum absolute atomic E-state index is 13.9. The van der Waals surface area contributed by atoms with Gasteiger partial charge in [0.05, 0.1) is 117 Å². The molecule has 16 heteroatoms. The number of aromatic nitrogens is 3. The minimum absolute atomic E-state index is 0.0176. The van der Waals surface area contributed by atoms with E-state index in [1.807, 2.05) is 65.2 Å². The molecular formula is C42H62N6O10. The summed E-state index contributed by atoms with van der Waals surface area (Å²) in [4.78, 5) is 39.0. The van der Waals surface area contributed by atoms with Crippen molar-refractivity contribution >= 4 is 23.3 Å². The number of carbonyl (C=O) groups is 3. The van der Waals surface area contributed by atoms with Gasteiger partial charge < -0.3 is 48.7 Å². The molecular weight excluding hydrogens is 748 g/mol. The van der Waals surface area contributed by atoms with Crippen molar-refractivity contribution in [2.24, 2.45) is 0 Å². The van der Waals surface area contributed by atoms with E-state index in [9.17, 15) is 14.4 Å². The Labute approximate surface area is 342 Å². The Morgan fingerprint density at radius 1 is 0.638 bits per heavy atom. The number of likely N-dealkylation sites (N-methyl/N-ethyl adjacent to an activating group) is 1. The van der Waals surface area contributed by atoms with E-state index >= 15 is 0 Å². The number of hydrogen-bond acceptors (Lipinski definition) is 13. The number of para-hydroxylation sites is 1. The van der Waals surface area contributed by atoms with Gasteiger partial charge in [-0.15, -0.1) is 5.10 Å². The standard InChI is InChI=1S/C42H62N6O10/c1-34(49)15-19-52-23-27-56-31-32-58-29-25-54-21-17-44-39(50)13-7-8-14-40(51)47-33-35-9-3-4-10-36(35)42-41(37-11-5-6-12-38(37)47)45-46-48(42)18-22-55-26-30-57-28-24-53-20-16-43-2/h3-6,9-12,43H,7-8,13-33H2,1-2H3,(H,44,50). The van der Waals surface area contributed by atoms with E-state index in [0.717, 1.165) is 34.6 Å². The van der Waals surface area contributed by atoms with Crippen molar-refractivity contribution in [1.82, 2.24) is 25.6 Å². The molecule has 0 radical (unpaired) electrons. The number of ether oxygens (including phenoxy) is 7. The van der Waals surface area contributed by atoms with Crippen molar-refractivity contribution in [2.75, 3.05) is 118 Å². The highest BCUT2D eigenvalue weighted by Crippen LogP contribution is 2.41. The second-order valence-electron chi connectivity index (χ2n) is 13.6. The number of unbranched alkanes of at least 4 members (excludes halogenated alkanes) is 1. The molecule has 0 saturated heterocycles. The molecule has 0 saturated carbocycles. The first-order valence-corrected chi connectivity index (χ1v) is 20.4. The minimum Gasteiger partial charge on any atom is -0.379 e. The van der Waals surface area contributed by atoms with Crippen molar-refractivity contribution in [3.8, 4) is 22.5 Å². The molecule has 2 amide bonds. The summed E-state index contributed by atoms with van der Waals surface area (Å²) < 4.78 is 40.6. The molecule has 1 aromatic heterocycles. The quantitative estimate of drug-likeness (QED) is 0.0880. The van der Waals surface area contributed by atoms with Crippen LogP contribution in [0.3, 0.4) is 0 Å². The van der Waals surface area contributed by atoms with Crippen LogP contribution in [0.1, 0.15) is 44.6 Å². The van der Waals surface area contributed by atoms with Crippen LogP contribution in [0.2, 0.25) is 0 Å². The van der Waals surface area contributed by atoms with Gasteiger partial charge in [-0.2, -0.15) is 0 Å². The minimum atomic E-state index is -0.0732. The van der Waals surface area contributed by atoms with Crippen LogP contribution in [0.5, 0.6) is 0 Å².